The van der Waals surface area contributed by atoms with Gasteiger partial charge in [-0.3, -0.25) is 4.79 Å². The average molecular weight is 263 g/mol. The second-order valence-electron chi connectivity index (χ2n) is 4.02. The van der Waals surface area contributed by atoms with Gasteiger partial charge in [0.2, 0.25) is 0 Å². The van der Waals surface area contributed by atoms with Crippen LogP contribution >= 0.6 is 11.3 Å². The lowest BCUT2D eigenvalue weighted by molar-refractivity contribution is 0.112. The van der Waals surface area contributed by atoms with Gasteiger partial charge in [-0.25, -0.2) is 4.98 Å². The number of carbonyl (C=O) groups is 1. The van der Waals surface area contributed by atoms with Crippen molar-refractivity contribution in [3.8, 4) is 0 Å². The summed E-state index contributed by atoms with van der Waals surface area (Å²) in [5.74, 6) is 1.05. The van der Waals surface area contributed by atoms with Gasteiger partial charge >= 0.3 is 0 Å². The van der Waals surface area contributed by atoms with E-state index in [9.17, 15) is 4.79 Å². The van der Waals surface area contributed by atoms with Gasteiger partial charge in [0, 0.05) is 18.5 Å². The zero-order valence-electron chi connectivity index (χ0n) is 10.4. The number of anilines is 1. The van der Waals surface area contributed by atoms with E-state index in [4.69, 9.17) is 0 Å². The van der Waals surface area contributed by atoms with Crippen molar-refractivity contribution in [3.05, 3.63) is 23.1 Å². The number of nitrogens with zero attached hydrogens (tertiary/aromatic N) is 2. The largest absolute Gasteiger partial charge is 0.357 e. The Kier molecular flexibility index (Phi) is 4.28. The van der Waals surface area contributed by atoms with Gasteiger partial charge in [-0.15, -0.1) is 11.3 Å². The van der Waals surface area contributed by atoms with E-state index in [1.165, 1.54) is 31.2 Å². The summed E-state index contributed by atoms with van der Waals surface area (Å²) in [7, 11) is 1.50. The molecule has 18 heavy (non-hydrogen) atoms. The van der Waals surface area contributed by atoms with Crippen LogP contribution in [0, 0.1) is 0 Å². The van der Waals surface area contributed by atoms with Crippen molar-refractivity contribution in [2.24, 2.45) is 5.73 Å². The standard InChI is InChI=1S/C12H12N2OS.CH5N/c15-8-10-7-9-3-4-11(13-12(9)16-10)14-5-1-2-6-14;1-2/h3-4,7-8H,1-2,5-6H2;2H2,1H3. The van der Waals surface area contributed by atoms with Crippen LogP contribution in [0.15, 0.2) is 18.2 Å². The highest BCUT2D eigenvalue weighted by Gasteiger charge is 2.14. The predicted octanol–water partition coefficient (Wildman–Crippen LogP) is 2.28. The number of aromatic nitrogens is 1. The van der Waals surface area contributed by atoms with Gasteiger partial charge < -0.3 is 10.6 Å². The lowest BCUT2D eigenvalue weighted by Crippen LogP contribution is -2.18. The maximum absolute atomic E-state index is 10.7. The van der Waals surface area contributed by atoms with Crippen LogP contribution in [0.3, 0.4) is 0 Å². The lowest BCUT2D eigenvalue weighted by atomic mass is 10.3. The van der Waals surface area contributed by atoms with Crippen molar-refractivity contribution in [2.75, 3.05) is 25.0 Å². The molecule has 4 nitrogen and oxygen atoms in total. The monoisotopic (exact) mass is 263 g/mol. The third-order valence-electron chi connectivity index (χ3n) is 2.93. The molecule has 0 unspecified atom stereocenters. The number of nitrogens with two attached hydrogens (primary N) is 1. The summed E-state index contributed by atoms with van der Waals surface area (Å²) in [6, 6.07) is 6.00. The summed E-state index contributed by atoms with van der Waals surface area (Å²) in [5.41, 5.74) is 4.50. The van der Waals surface area contributed by atoms with E-state index in [1.807, 2.05) is 6.07 Å². The van der Waals surface area contributed by atoms with Crippen LogP contribution in [0.25, 0.3) is 10.2 Å². The van der Waals surface area contributed by atoms with E-state index in [-0.39, 0.29) is 0 Å². The first kappa shape index (κ1) is 13.0. The number of rotatable bonds is 2. The Balaban J connectivity index is 0.000000574. The minimum Gasteiger partial charge on any atom is -0.357 e. The normalized spacial score (nSPS) is 14.4. The lowest BCUT2D eigenvalue weighted by Gasteiger charge is -2.15. The summed E-state index contributed by atoms with van der Waals surface area (Å²) >= 11 is 1.46. The zero-order chi connectivity index (χ0) is 13.0. The molecule has 0 saturated carbocycles. The zero-order valence-corrected chi connectivity index (χ0v) is 11.2. The Morgan fingerprint density at radius 3 is 2.72 bits per heavy atom. The highest BCUT2D eigenvalue weighted by atomic mass is 32.1. The molecule has 3 heterocycles. The fraction of sp³-hybridized carbons (Fsp3) is 0.385. The van der Waals surface area contributed by atoms with Crippen molar-refractivity contribution in [1.29, 1.82) is 0 Å². The van der Waals surface area contributed by atoms with Crippen LogP contribution in [-0.2, 0) is 0 Å². The molecule has 2 aromatic heterocycles. The summed E-state index contributed by atoms with van der Waals surface area (Å²) in [5, 5.41) is 1.06. The third-order valence-corrected chi connectivity index (χ3v) is 3.90. The van der Waals surface area contributed by atoms with Crippen LogP contribution in [0.4, 0.5) is 5.82 Å². The quantitative estimate of drug-likeness (QED) is 0.844. The molecule has 1 fully saturated rings. The van der Waals surface area contributed by atoms with E-state index < -0.39 is 0 Å². The number of thiophene rings is 1. The van der Waals surface area contributed by atoms with Gasteiger partial charge in [0.05, 0.1) is 4.88 Å². The third kappa shape index (κ3) is 2.52. The number of aldehydes is 1. The highest BCUT2D eigenvalue weighted by molar-refractivity contribution is 7.20. The number of hydrogen-bond acceptors (Lipinski definition) is 5. The van der Waals surface area contributed by atoms with E-state index in [1.54, 1.807) is 0 Å². The molecule has 1 saturated heterocycles. The van der Waals surface area contributed by atoms with Crippen LogP contribution in [0.1, 0.15) is 22.5 Å². The number of carbonyl (C=O) groups excluding carboxylic acids is 1. The minimum absolute atomic E-state index is 0.751. The molecule has 0 bridgehead atoms. The summed E-state index contributed by atoms with van der Waals surface area (Å²) in [6.07, 6.45) is 3.40. The first-order valence-corrected chi connectivity index (χ1v) is 6.87. The molecule has 2 aromatic rings. The van der Waals surface area contributed by atoms with E-state index in [0.29, 0.717) is 0 Å². The van der Waals surface area contributed by atoms with Crippen molar-refractivity contribution in [3.63, 3.8) is 0 Å². The maximum Gasteiger partial charge on any atom is 0.160 e. The van der Waals surface area contributed by atoms with Crippen LogP contribution in [-0.4, -0.2) is 31.4 Å². The summed E-state index contributed by atoms with van der Waals surface area (Å²) in [4.78, 5) is 19.3. The molecular weight excluding hydrogens is 246 g/mol. The average Bonchev–Trinajstić information content (AvgIpc) is 3.08. The van der Waals surface area contributed by atoms with E-state index in [2.05, 4.69) is 27.8 Å². The Morgan fingerprint density at radius 1 is 1.33 bits per heavy atom. The SMILES string of the molecule is CN.O=Cc1cc2ccc(N3CCCC3)nc2s1. The Bertz CT molecular complexity index is 532. The molecule has 0 amide bonds. The van der Waals surface area contributed by atoms with Crippen molar-refractivity contribution in [2.45, 2.75) is 12.8 Å². The maximum atomic E-state index is 10.7. The number of pyridine rings is 1. The number of fused-ring (bicyclic) bond motifs is 1. The molecule has 0 atom stereocenters. The fourth-order valence-electron chi connectivity index (χ4n) is 2.11. The van der Waals surface area contributed by atoms with Gasteiger partial charge in [0.15, 0.2) is 6.29 Å². The first-order valence-electron chi connectivity index (χ1n) is 6.05. The van der Waals surface area contributed by atoms with E-state index in [0.717, 1.165) is 40.3 Å². The van der Waals surface area contributed by atoms with Crippen LogP contribution in [0.2, 0.25) is 0 Å². The molecule has 0 spiro atoms. The second-order valence-corrected chi connectivity index (χ2v) is 5.09. The Hall–Kier alpha value is -1.46. The Labute approximate surface area is 110 Å². The van der Waals surface area contributed by atoms with Crippen molar-refractivity contribution < 1.29 is 4.79 Å². The molecule has 0 radical (unpaired) electrons. The molecule has 2 N–H and O–H groups in total. The smallest absolute Gasteiger partial charge is 0.160 e. The van der Waals surface area contributed by atoms with Gasteiger partial charge in [0.1, 0.15) is 10.6 Å². The fourth-order valence-corrected chi connectivity index (χ4v) is 2.95. The molecule has 0 aliphatic carbocycles. The molecule has 1 aliphatic rings. The molecule has 1 aliphatic heterocycles. The predicted molar refractivity (Wildman–Crippen MR) is 76.6 cm³/mol. The first-order chi connectivity index (χ1) is 8.86. The second kappa shape index (κ2) is 5.93. The van der Waals surface area contributed by atoms with Crippen LogP contribution in [0.5, 0.6) is 0 Å². The van der Waals surface area contributed by atoms with Crippen LogP contribution < -0.4 is 10.6 Å². The molecular formula is C13H17N3OS. The van der Waals surface area contributed by atoms with E-state index >= 15 is 0 Å². The van der Waals surface area contributed by atoms with Gasteiger partial charge in [-0.2, -0.15) is 0 Å². The van der Waals surface area contributed by atoms with Crippen molar-refractivity contribution >= 4 is 33.7 Å². The van der Waals surface area contributed by atoms with Crippen molar-refractivity contribution in [1.82, 2.24) is 4.98 Å². The minimum atomic E-state index is 0.751. The van der Waals surface area contributed by atoms with Gasteiger partial charge in [-0.05, 0) is 38.1 Å². The number of hydrogen-bond donors (Lipinski definition) is 1. The Morgan fingerprint density at radius 2 is 2.06 bits per heavy atom. The van der Waals surface area contributed by atoms with Gasteiger partial charge in [0.25, 0.3) is 0 Å². The molecule has 96 valence electrons. The topological polar surface area (TPSA) is 59.2 Å². The summed E-state index contributed by atoms with van der Waals surface area (Å²) in [6.45, 7) is 2.20. The highest BCUT2D eigenvalue weighted by Crippen LogP contribution is 2.26. The van der Waals surface area contributed by atoms with Gasteiger partial charge in [-0.1, -0.05) is 0 Å². The molecule has 0 aromatic carbocycles. The molecule has 3 rings (SSSR count). The summed E-state index contributed by atoms with van der Waals surface area (Å²) < 4.78 is 0. The molecule has 5 heteroatoms.